The molecule has 0 fully saturated rings. The van der Waals surface area contributed by atoms with Crippen molar-refractivity contribution in [1.29, 1.82) is 0 Å². The molecule has 0 bridgehead atoms. The predicted molar refractivity (Wildman–Crippen MR) is 49.0 cm³/mol. The second-order valence-corrected chi connectivity index (χ2v) is 4.49. The number of ether oxygens (including phenoxy) is 1. The van der Waals surface area contributed by atoms with Crippen LogP contribution in [-0.4, -0.2) is 43.3 Å². The lowest BCUT2D eigenvalue weighted by atomic mass is 10.9. The minimum atomic E-state index is -2.91. The van der Waals surface area contributed by atoms with Crippen molar-refractivity contribution in [2.75, 3.05) is 34.2 Å². The zero-order valence-electron chi connectivity index (χ0n) is 8.66. The van der Waals surface area contributed by atoms with Gasteiger partial charge in [-0.15, -0.1) is 0 Å². The summed E-state index contributed by atoms with van der Waals surface area (Å²) >= 11 is 0. The van der Waals surface area contributed by atoms with E-state index in [-0.39, 0.29) is 6.79 Å². The van der Waals surface area contributed by atoms with Gasteiger partial charge in [-0.1, -0.05) is 0 Å². The van der Waals surface area contributed by atoms with Gasteiger partial charge >= 0.3 is 9.05 Å². The summed E-state index contributed by atoms with van der Waals surface area (Å²) in [5.74, 6) is 0. The molecule has 0 heterocycles. The van der Waals surface area contributed by atoms with E-state index in [4.69, 9.17) is 22.4 Å². The standard InChI is InChI=1S/C7H18O5Si/c1-5-10-7-12-13(8-3,9-4)11-6-2/h5-7H2,1-4H3. The predicted octanol–water partition coefficient (Wildman–Crippen LogP) is 0.762. The maximum absolute atomic E-state index is 5.27. The van der Waals surface area contributed by atoms with Crippen LogP contribution in [0.3, 0.4) is 0 Å². The molecule has 5 nitrogen and oxygen atoms in total. The minimum absolute atomic E-state index is 0.129. The summed E-state index contributed by atoms with van der Waals surface area (Å²) < 4.78 is 25.7. The lowest BCUT2D eigenvalue weighted by Gasteiger charge is -2.23. The van der Waals surface area contributed by atoms with Gasteiger partial charge in [0.1, 0.15) is 6.79 Å². The Balaban J connectivity index is 3.89. The lowest BCUT2D eigenvalue weighted by molar-refractivity contribution is -0.0747. The first-order chi connectivity index (χ1) is 6.24. The molecule has 0 aromatic carbocycles. The van der Waals surface area contributed by atoms with Gasteiger partial charge in [0.05, 0.1) is 0 Å². The van der Waals surface area contributed by atoms with Crippen LogP contribution in [0, 0.1) is 0 Å². The summed E-state index contributed by atoms with van der Waals surface area (Å²) in [5.41, 5.74) is 0. The lowest BCUT2D eigenvalue weighted by Crippen LogP contribution is -2.47. The first-order valence-electron chi connectivity index (χ1n) is 4.20. The highest BCUT2D eigenvalue weighted by Gasteiger charge is 2.43. The molecule has 0 unspecified atom stereocenters. The van der Waals surface area contributed by atoms with Gasteiger partial charge in [0.2, 0.25) is 0 Å². The average Bonchev–Trinajstić information content (AvgIpc) is 2.17. The molecular weight excluding hydrogens is 192 g/mol. The molecule has 0 atom stereocenters. The maximum atomic E-state index is 5.27. The molecule has 6 heteroatoms. The third-order valence-electron chi connectivity index (χ3n) is 1.34. The second kappa shape index (κ2) is 7.42. The third kappa shape index (κ3) is 4.70. The Morgan fingerprint density at radius 3 is 1.92 bits per heavy atom. The van der Waals surface area contributed by atoms with Gasteiger partial charge in [0.15, 0.2) is 0 Å². The monoisotopic (exact) mass is 210 g/mol. The number of rotatable bonds is 8. The first-order valence-corrected chi connectivity index (χ1v) is 5.83. The van der Waals surface area contributed by atoms with Crippen LogP contribution in [0.2, 0.25) is 0 Å². The highest BCUT2D eigenvalue weighted by atomic mass is 28.4. The molecule has 0 aliphatic carbocycles. The zero-order chi connectivity index (χ0) is 10.2. The van der Waals surface area contributed by atoms with E-state index in [9.17, 15) is 0 Å². The largest absolute Gasteiger partial charge is 0.680 e. The van der Waals surface area contributed by atoms with Crippen molar-refractivity contribution in [3.05, 3.63) is 0 Å². The van der Waals surface area contributed by atoms with Gasteiger partial charge in [-0.05, 0) is 13.8 Å². The first kappa shape index (κ1) is 13.0. The van der Waals surface area contributed by atoms with Crippen LogP contribution in [0.15, 0.2) is 0 Å². The molecular formula is C7H18O5Si. The van der Waals surface area contributed by atoms with E-state index in [0.29, 0.717) is 13.2 Å². The Hall–Kier alpha value is 0.0169. The maximum Gasteiger partial charge on any atom is 0.680 e. The molecule has 13 heavy (non-hydrogen) atoms. The van der Waals surface area contributed by atoms with Crippen molar-refractivity contribution in [1.82, 2.24) is 0 Å². The molecule has 0 saturated carbocycles. The summed E-state index contributed by atoms with van der Waals surface area (Å²) in [6, 6.07) is 0. The fourth-order valence-electron chi connectivity index (χ4n) is 0.735. The van der Waals surface area contributed by atoms with Gasteiger partial charge in [-0.25, -0.2) is 0 Å². The van der Waals surface area contributed by atoms with Crippen molar-refractivity contribution in [3.63, 3.8) is 0 Å². The normalized spacial score (nSPS) is 12.0. The molecule has 80 valence electrons. The highest BCUT2D eigenvalue weighted by Crippen LogP contribution is 2.08. The van der Waals surface area contributed by atoms with E-state index in [1.165, 1.54) is 14.2 Å². The van der Waals surface area contributed by atoms with E-state index in [0.717, 1.165) is 0 Å². The van der Waals surface area contributed by atoms with Gasteiger partial charge in [-0.3, -0.25) is 0 Å². The highest BCUT2D eigenvalue weighted by molar-refractivity contribution is 6.53. The quantitative estimate of drug-likeness (QED) is 0.336. The van der Waals surface area contributed by atoms with Gasteiger partial charge in [-0.2, -0.15) is 0 Å². The van der Waals surface area contributed by atoms with Crippen molar-refractivity contribution in [3.8, 4) is 0 Å². The molecule has 0 aromatic rings. The van der Waals surface area contributed by atoms with Crippen LogP contribution in [0.5, 0.6) is 0 Å². The van der Waals surface area contributed by atoms with Crippen LogP contribution in [0.1, 0.15) is 13.8 Å². The van der Waals surface area contributed by atoms with Crippen LogP contribution in [-0.2, 0) is 22.4 Å². The fraction of sp³-hybridized carbons (Fsp3) is 1.00. The average molecular weight is 210 g/mol. The number of hydrogen-bond acceptors (Lipinski definition) is 5. The van der Waals surface area contributed by atoms with Crippen molar-refractivity contribution < 1.29 is 22.4 Å². The molecule has 0 spiro atoms. The second-order valence-electron chi connectivity index (χ2n) is 2.10. The Kier molecular flexibility index (Phi) is 7.43. The molecule has 0 amide bonds. The SMILES string of the molecule is CCOCO[Si](OC)(OC)OCC. The van der Waals surface area contributed by atoms with E-state index in [1.54, 1.807) is 0 Å². The topological polar surface area (TPSA) is 46.2 Å². The zero-order valence-corrected chi connectivity index (χ0v) is 9.66. The third-order valence-corrected chi connectivity index (χ3v) is 3.46. The van der Waals surface area contributed by atoms with Crippen LogP contribution in [0.25, 0.3) is 0 Å². The molecule has 0 aromatic heterocycles. The Morgan fingerprint density at radius 2 is 1.54 bits per heavy atom. The molecule has 0 aliphatic heterocycles. The Morgan fingerprint density at radius 1 is 0.923 bits per heavy atom. The Bertz CT molecular complexity index is 117. The fourth-order valence-corrected chi connectivity index (χ4v) is 2.04. The van der Waals surface area contributed by atoms with Crippen LogP contribution < -0.4 is 0 Å². The molecule has 0 rings (SSSR count). The van der Waals surface area contributed by atoms with Gasteiger partial charge in [0.25, 0.3) is 0 Å². The molecule has 0 radical (unpaired) electrons. The summed E-state index contributed by atoms with van der Waals surface area (Å²) in [6.07, 6.45) is 0. The van der Waals surface area contributed by atoms with Gasteiger partial charge < -0.3 is 22.4 Å². The van der Waals surface area contributed by atoms with Crippen molar-refractivity contribution in [2.24, 2.45) is 0 Å². The molecule has 0 N–H and O–H groups in total. The molecule has 0 aliphatic rings. The van der Waals surface area contributed by atoms with Crippen LogP contribution >= 0.6 is 0 Å². The number of hydrogen-bond donors (Lipinski definition) is 0. The molecule has 0 saturated heterocycles. The Labute approximate surface area is 80.4 Å². The van der Waals surface area contributed by atoms with Crippen molar-refractivity contribution >= 4 is 9.05 Å². The van der Waals surface area contributed by atoms with Crippen molar-refractivity contribution in [2.45, 2.75) is 13.8 Å². The van der Waals surface area contributed by atoms with E-state index < -0.39 is 9.05 Å². The summed E-state index contributed by atoms with van der Waals surface area (Å²) in [5, 5.41) is 0. The minimum Gasteiger partial charge on any atom is -0.356 e. The van der Waals surface area contributed by atoms with E-state index in [2.05, 4.69) is 0 Å². The summed E-state index contributed by atoms with van der Waals surface area (Å²) in [4.78, 5) is 0. The van der Waals surface area contributed by atoms with E-state index in [1.807, 2.05) is 13.8 Å². The van der Waals surface area contributed by atoms with Gasteiger partial charge in [0, 0.05) is 27.4 Å². The smallest absolute Gasteiger partial charge is 0.356 e. The summed E-state index contributed by atoms with van der Waals surface area (Å²) in [7, 11) is 0.0890. The van der Waals surface area contributed by atoms with Crippen LogP contribution in [0.4, 0.5) is 0 Å². The van der Waals surface area contributed by atoms with E-state index >= 15 is 0 Å². The summed E-state index contributed by atoms with van der Waals surface area (Å²) in [6.45, 7) is 4.94.